The molecule has 3 aromatic rings. The third kappa shape index (κ3) is 4.81. The fourth-order valence-corrected chi connectivity index (χ4v) is 5.99. The molecule has 0 bridgehead atoms. The molecule has 4 atom stereocenters. The van der Waals surface area contributed by atoms with Crippen LogP contribution in [-0.4, -0.2) is 61.8 Å². The third-order valence-corrected chi connectivity index (χ3v) is 7.99. The average Bonchev–Trinajstić information content (AvgIpc) is 3.55. The first kappa shape index (κ1) is 22.9. The van der Waals surface area contributed by atoms with E-state index in [2.05, 4.69) is 25.3 Å². The van der Waals surface area contributed by atoms with Crippen molar-refractivity contribution in [2.45, 2.75) is 36.1 Å². The monoisotopic (exact) mass is 501 g/mol. The lowest BCUT2D eigenvalue weighted by Crippen LogP contribution is -2.44. The summed E-state index contributed by atoms with van der Waals surface area (Å²) in [6, 6.07) is 11.0. The lowest BCUT2D eigenvalue weighted by atomic mass is 10.1. The Morgan fingerprint density at radius 1 is 1.06 bits per heavy atom. The number of thiophene rings is 1. The van der Waals surface area contributed by atoms with Gasteiger partial charge in [-0.1, -0.05) is 6.07 Å². The Bertz CT molecular complexity index is 1270. The predicted molar refractivity (Wildman–Crippen MR) is 127 cm³/mol. The molecule has 2 aliphatic rings. The zero-order chi connectivity index (χ0) is 23.7. The first-order valence-corrected chi connectivity index (χ1v) is 13.0. The number of sulfonamides is 1. The number of hydrogen-bond acceptors (Lipinski definition) is 9. The Balaban J connectivity index is 1.23. The molecule has 10 nitrogen and oxygen atoms in total. The first-order chi connectivity index (χ1) is 16.4. The zero-order valence-corrected chi connectivity index (χ0v) is 19.8. The molecule has 0 radical (unpaired) electrons. The Kier molecular flexibility index (Phi) is 6.32. The number of carbonyl (C=O) groups excluding carboxylic acids is 1. The maximum atomic E-state index is 12.9. The molecule has 34 heavy (non-hydrogen) atoms. The largest absolute Gasteiger partial charge is 0.371 e. The van der Waals surface area contributed by atoms with E-state index in [0.29, 0.717) is 18.2 Å². The van der Waals surface area contributed by atoms with Gasteiger partial charge in [0.25, 0.3) is 0 Å². The van der Waals surface area contributed by atoms with Crippen LogP contribution in [-0.2, 0) is 24.3 Å². The van der Waals surface area contributed by atoms with Crippen molar-refractivity contribution in [3.05, 3.63) is 54.0 Å². The van der Waals surface area contributed by atoms with Gasteiger partial charge in [-0.05, 0) is 41.8 Å². The quantitative estimate of drug-likeness (QED) is 0.449. The molecule has 1 aromatic carbocycles. The summed E-state index contributed by atoms with van der Waals surface area (Å²) in [5.41, 5.74) is 1.35. The van der Waals surface area contributed by atoms with Crippen molar-refractivity contribution >= 4 is 38.9 Å². The summed E-state index contributed by atoms with van der Waals surface area (Å²) in [6.07, 6.45) is 0.914. The van der Waals surface area contributed by atoms with Crippen molar-refractivity contribution in [2.75, 3.05) is 23.8 Å². The fourth-order valence-electron chi connectivity index (χ4n) is 4.07. The molecule has 0 saturated carbocycles. The molecule has 2 fully saturated rings. The topological polar surface area (TPSA) is 132 Å². The van der Waals surface area contributed by atoms with Gasteiger partial charge >= 0.3 is 0 Å². The number of hydrogen-bond donors (Lipinski definition) is 3. The smallest absolute Gasteiger partial charge is 0.240 e. The molecule has 2 saturated heterocycles. The number of benzene rings is 1. The minimum absolute atomic E-state index is 0.0940. The maximum Gasteiger partial charge on any atom is 0.240 e. The summed E-state index contributed by atoms with van der Waals surface area (Å²) < 4.78 is 40.3. The van der Waals surface area contributed by atoms with Crippen LogP contribution in [0.2, 0.25) is 0 Å². The van der Waals surface area contributed by atoms with Crippen LogP contribution in [0, 0.1) is 0 Å². The van der Waals surface area contributed by atoms with Crippen LogP contribution in [0.1, 0.15) is 6.92 Å². The van der Waals surface area contributed by atoms with E-state index < -0.39 is 22.2 Å². The van der Waals surface area contributed by atoms with Gasteiger partial charge in [0.05, 0.1) is 40.8 Å². The molecule has 2 aromatic heterocycles. The van der Waals surface area contributed by atoms with Crippen LogP contribution in [0.3, 0.4) is 0 Å². The number of amides is 1. The fraction of sp³-hybridized carbons (Fsp3) is 0.318. The minimum Gasteiger partial charge on any atom is -0.371 e. The highest BCUT2D eigenvalue weighted by Crippen LogP contribution is 2.30. The molecule has 4 unspecified atom stereocenters. The van der Waals surface area contributed by atoms with E-state index in [9.17, 15) is 13.2 Å². The molecule has 2 aliphatic heterocycles. The van der Waals surface area contributed by atoms with Gasteiger partial charge in [-0.3, -0.25) is 4.79 Å². The van der Waals surface area contributed by atoms with Crippen LogP contribution in [0.15, 0.2) is 58.9 Å². The molecule has 5 rings (SSSR count). The molecule has 0 aliphatic carbocycles. The van der Waals surface area contributed by atoms with Crippen molar-refractivity contribution in [2.24, 2.45) is 0 Å². The van der Waals surface area contributed by atoms with Crippen molar-refractivity contribution < 1.29 is 22.7 Å². The van der Waals surface area contributed by atoms with Crippen molar-refractivity contribution in [1.29, 1.82) is 0 Å². The van der Waals surface area contributed by atoms with Gasteiger partial charge in [-0.2, -0.15) is 0 Å². The van der Waals surface area contributed by atoms with Crippen LogP contribution >= 0.6 is 11.3 Å². The number of ether oxygens (including phenoxy) is 2. The van der Waals surface area contributed by atoms with E-state index in [4.69, 9.17) is 9.47 Å². The molecular formula is C22H23N5O5S2. The minimum atomic E-state index is -3.80. The van der Waals surface area contributed by atoms with E-state index in [1.54, 1.807) is 29.7 Å². The Hall–Kier alpha value is -2.90. The molecule has 4 heterocycles. The number of rotatable bonds is 7. The highest BCUT2D eigenvalue weighted by atomic mass is 32.2. The number of aromatic nitrogens is 2. The van der Waals surface area contributed by atoms with E-state index in [1.807, 2.05) is 23.6 Å². The van der Waals surface area contributed by atoms with Crippen LogP contribution in [0.5, 0.6) is 0 Å². The van der Waals surface area contributed by atoms with Gasteiger partial charge in [0, 0.05) is 18.8 Å². The number of carbonyl (C=O) groups is 1. The second-order valence-electron chi connectivity index (χ2n) is 8.02. The van der Waals surface area contributed by atoms with Gasteiger partial charge in [-0.25, -0.2) is 23.1 Å². The number of fused-ring (bicyclic) bond motifs is 1. The molecular weight excluding hydrogens is 478 g/mol. The van der Waals surface area contributed by atoms with Gasteiger partial charge in [0.1, 0.15) is 12.2 Å². The summed E-state index contributed by atoms with van der Waals surface area (Å²) in [7, 11) is -3.80. The lowest BCUT2D eigenvalue weighted by Gasteiger charge is -2.18. The van der Waals surface area contributed by atoms with Crippen molar-refractivity contribution in [3.8, 4) is 10.6 Å². The molecule has 12 heteroatoms. The van der Waals surface area contributed by atoms with E-state index in [0.717, 1.165) is 10.6 Å². The molecule has 0 spiro atoms. The lowest BCUT2D eigenvalue weighted by molar-refractivity contribution is -0.114. The standard InChI is InChI=1S/C22H23N5O5S2/c1-13(28)24-14-4-6-15(7-5-14)34(29,30)27-18-12-32-20-17(11-31-21(18)20)26-22-23-9-8-16(25-22)19-3-2-10-33-19/h2-10,17-18,20-21,27H,11-12H2,1H3,(H,24,28)(H,23,25,26). The molecule has 178 valence electrons. The third-order valence-electron chi connectivity index (χ3n) is 5.59. The Labute approximate surface area is 200 Å². The SMILES string of the molecule is CC(=O)Nc1ccc(S(=O)(=O)NC2COC3C(Nc4nccc(-c5cccs5)n4)COC23)cc1. The highest BCUT2D eigenvalue weighted by Gasteiger charge is 2.49. The molecule has 3 N–H and O–H groups in total. The predicted octanol–water partition coefficient (Wildman–Crippen LogP) is 2.09. The van der Waals surface area contributed by atoms with E-state index in [1.165, 1.54) is 19.1 Å². The second kappa shape index (κ2) is 9.39. The number of anilines is 2. The van der Waals surface area contributed by atoms with E-state index >= 15 is 0 Å². The van der Waals surface area contributed by atoms with Gasteiger partial charge in [-0.15, -0.1) is 11.3 Å². The molecule has 1 amide bonds. The van der Waals surface area contributed by atoms with Gasteiger partial charge in [0.2, 0.25) is 21.9 Å². The summed E-state index contributed by atoms with van der Waals surface area (Å²) in [5.74, 6) is 0.236. The summed E-state index contributed by atoms with van der Waals surface area (Å²) in [4.78, 5) is 21.2. The normalized spacial score (nSPS) is 24.0. The summed E-state index contributed by atoms with van der Waals surface area (Å²) >= 11 is 1.60. The number of nitrogens with zero attached hydrogens (tertiary/aromatic N) is 2. The zero-order valence-electron chi connectivity index (χ0n) is 18.2. The van der Waals surface area contributed by atoms with Gasteiger partial charge < -0.3 is 20.1 Å². The highest BCUT2D eigenvalue weighted by molar-refractivity contribution is 7.89. The van der Waals surface area contributed by atoms with Crippen molar-refractivity contribution in [1.82, 2.24) is 14.7 Å². The van der Waals surface area contributed by atoms with Crippen LogP contribution in [0.25, 0.3) is 10.6 Å². The summed E-state index contributed by atoms with van der Waals surface area (Å²) in [6.45, 7) is 1.91. The van der Waals surface area contributed by atoms with Crippen molar-refractivity contribution in [3.63, 3.8) is 0 Å². The Morgan fingerprint density at radius 2 is 1.79 bits per heavy atom. The maximum absolute atomic E-state index is 12.9. The first-order valence-electron chi connectivity index (χ1n) is 10.7. The van der Waals surface area contributed by atoms with E-state index in [-0.39, 0.29) is 29.6 Å². The van der Waals surface area contributed by atoms with Gasteiger partial charge in [0.15, 0.2) is 0 Å². The number of nitrogens with one attached hydrogen (secondary N) is 3. The Morgan fingerprint density at radius 3 is 2.50 bits per heavy atom. The average molecular weight is 502 g/mol. The van der Waals surface area contributed by atoms with Crippen LogP contribution in [0.4, 0.5) is 11.6 Å². The van der Waals surface area contributed by atoms with Crippen LogP contribution < -0.4 is 15.4 Å². The summed E-state index contributed by atoms with van der Waals surface area (Å²) in [5, 5.41) is 7.88. The second-order valence-corrected chi connectivity index (χ2v) is 10.7.